The van der Waals surface area contributed by atoms with Gasteiger partial charge in [0.15, 0.2) is 0 Å². The number of carbonyl (C=O) groups excluding carboxylic acids is 1. The summed E-state index contributed by atoms with van der Waals surface area (Å²) in [5, 5.41) is 9.55. The number of carboxylic acids is 1. The van der Waals surface area contributed by atoms with Gasteiger partial charge in [-0.1, -0.05) is 20.3 Å². The molecule has 0 aliphatic carbocycles. The zero-order valence-electron chi connectivity index (χ0n) is 11.2. The van der Waals surface area contributed by atoms with Crippen LogP contribution in [0, 0.1) is 0 Å². The Hall–Kier alpha value is -1.10. The molecule has 0 bridgehead atoms. The van der Waals surface area contributed by atoms with Gasteiger partial charge in [-0.15, -0.1) is 0 Å². The third kappa shape index (κ3) is 3.02. The molecule has 5 heteroatoms. The number of rotatable bonds is 7. The smallest absolute Gasteiger partial charge is 0.329 e. The van der Waals surface area contributed by atoms with Crippen molar-refractivity contribution in [3.8, 4) is 0 Å². The van der Waals surface area contributed by atoms with Crippen LogP contribution in [0.25, 0.3) is 0 Å². The van der Waals surface area contributed by atoms with Crippen molar-refractivity contribution in [3.63, 3.8) is 0 Å². The average molecular weight is 257 g/mol. The predicted molar refractivity (Wildman–Crippen MR) is 67.3 cm³/mol. The van der Waals surface area contributed by atoms with Crippen LogP contribution in [0.15, 0.2) is 0 Å². The molecule has 2 unspecified atom stereocenters. The lowest BCUT2D eigenvalue weighted by atomic mass is 9.83. The topological polar surface area (TPSA) is 66.8 Å². The molecule has 1 aliphatic heterocycles. The van der Waals surface area contributed by atoms with Gasteiger partial charge >= 0.3 is 5.97 Å². The lowest BCUT2D eigenvalue weighted by Crippen LogP contribution is -2.59. The molecule has 18 heavy (non-hydrogen) atoms. The molecule has 0 aromatic carbocycles. The molecule has 0 spiro atoms. The maximum absolute atomic E-state index is 11.6. The number of hydrogen-bond acceptors (Lipinski definition) is 3. The molecule has 0 aromatic heterocycles. The van der Waals surface area contributed by atoms with E-state index in [0.717, 1.165) is 19.3 Å². The van der Waals surface area contributed by atoms with E-state index in [1.54, 1.807) is 0 Å². The molecule has 0 radical (unpaired) electrons. The minimum atomic E-state index is -1.07. The van der Waals surface area contributed by atoms with E-state index in [-0.39, 0.29) is 6.10 Å². The van der Waals surface area contributed by atoms with Gasteiger partial charge in [0.1, 0.15) is 5.54 Å². The number of carbonyl (C=O) groups is 2. The molecule has 2 atom stereocenters. The fourth-order valence-electron chi connectivity index (χ4n) is 2.63. The van der Waals surface area contributed by atoms with Crippen molar-refractivity contribution in [1.82, 2.24) is 4.90 Å². The zero-order valence-corrected chi connectivity index (χ0v) is 11.2. The van der Waals surface area contributed by atoms with Crippen molar-refractivity contribution in [2.75, 3.05) is 13.2 Å². The average Bonchev–Trinajstić information content (AvgIpc) is 2.36. The molecule has 1 amide bonds. The summed E-state index contributed by atoms with van der Waals surface area (Å²) in [5.74, 6) is -0.910. The molecule has 1 fully saturated rings. The number of ether oxygens (including phenoxy) is 1. The van der Waals surface area contributed by atoms with Gasteiger partial charge in [0, 0.05) is 26.0 Å². The lowest BCUT2D eigenvalue weighted by molar-refractivity contribution is -0.166. The quantitative estimate of drug-likeness (QED) is 0.704. The normalized spacial score (nSPS) is 27.8. The Morgan fingerprint density at radius 3 is 2.72 bits per heavy atom. The van der Waals surface area contributed by atoms with E-state index in [9.17, 15) is 14.7 Å². The van der Waals surface area contributed by atoms with E-state index in [4.69, 9.17) is 4.74 Å². The summed E-state index contributed by atoms with van der Waals surface area (Å²) in [7, 11) is 0. The second kappa shape index (κ2) is 6.73. The summed E-state index contributed by atoms with van der Waals surface area (Å²) < 4.78 is 5.59. The second-order valence-electron chi connectivity index (χ2n) is 4.87. The Kier molecular flexibility index (Phi) is 5.59. The van der Waals surface area contributed by atoms with Crippen LogP contribution in [0.4, 0.5) is 0 Å². The molecule has 1 N–H and O–H groups in total. The Balaban J connectivity index is 2.91. The van der Waals surface area contributed by atoms with Gasteiger partial charge in [-0.05, 0) is 12.8 Å². The van der Waals surface area contributed by atoms with Gasteiger partial charge in [-0.2, -0.15) is 0 Å². The molecule has 104 valence electrons. The van der Waals surface area contributed by atoms with Gasteiger partial charge in [-0.3, -0.25) is 4.79 Å². The first-order chi connectivity index (χ1) is 8.60. The number of carboxylic acid groups (broad SMARTS) is 1. The van der Waals surface area contributed by atoms with Crippen molar-refractivity contribution in [1.29, 1.82) is 0 Å². The largest absolute Gasteiger partial charge is 0.479 e. The third-order valence-electron chi connectivity index (χ3n) is 3.58. The van der Waals surface area contributed by atoms with Gasteiger partial charge in [-0.25, -0.2) is 4.79 Å². The highest BCUT2D eigenvalue weighted by molar-refractivity contribution is 5.81. The third-order valence-corrected chi connectivity index (χ3v) is 3.58. The first-order valence-electron chi connectivity index (χ1n) is 6.67. The number of nitrogens with zero attached hydrogens (tertiary/aromatic N) is 1. The maximum Gasteiger partial charge on any atom is 0.329 e. The number of aliphatic carboxylic acids is 1. The van der Waals surface area contributed by atoms with Crippen molar-refractivity contribution in [3.05, 3.63) is 0 Å². The fourth-order valence-corrected chi connectivity index (χ4v) is 2.63. The van der Waals surface area contributed by atoms with Crippen LogP contribution in [-0.4, -0.2) is 47.2 Å². The first kappa shape index (κ1) is 15.0. The molecule has 1 saturated heterocycles. The highest BCUT2D eigenvalue weighted by atomic mass is 16.5. The molecule has 1 heterocycles. The van der Waals surface area contributed by atoms with E-state index in [0.29, 0.717) is 32.4 Å². The monoisotopic (exact) mass is 257 g/mol. The Morgan fingerprint density at radius 2 is 2.22 bits per heavy atom. The number of amides is 1. The minimum absolute atomic E-state index is 0.0563. The SMILES string of the molecule is CCCC1CC(C(=O)O)(N(C=O)CCC)CCO1. The second-order valence-corrected chi connectivity index (χ2v) is 4.87. The summed E-state index contributed by atoms with van der Waals surface area (Å²) in [5.41, 5.74) is -1.07. The first-order valence-corrected chi connectivity index (χ1v) is 6.67. The maximum atomic E-state index is 11.6. The van der Waals surface area contributed by atoms with E-state index >= 15 is 0 Å². The minimum Gasteiger partial charge on any atom is -0.479 e. The van der Waals surface area contributed by atoms with Crippen molar-refractivity contribution in [2.24, 2.45) is 0 Å². The molecule has 5 nitrogen and oxygen atoms in total. The van der Waals surface area contributed by atoms with Crippen LogP contribution in [0.1, 0.15) is 46.0 Å². The molecule has 1 aliphatic rings. The Morgan fingerprint density at radius 1 is 1.50 bits per heavy atom. The van der Waals surface area contributed by atoms with Crippen LogP contribution in [-0.2, 0) is 14.3 Å². The summed E-state index contributed by atoms with van der Waals surface area (Å²) >= 11 is 0. The van der Waals surface area contributed by atoms with Gasteiger partial charge in [0.2, 0.25) is 6.41 Å². The van der Waals surface area contributed by atoms with Crippen molar-refractivity contribution < 1.29 is 19.4 Å². The van der Waals surface area contributed by atoms with Crippen molar-refractivity contribution in [2.45, 2.75) is 57.6 Å². The van der Waals surface area contributed by atoms with E-state index < -0.39 is 11.5 Å². The summed E-state index contributed by atoms with van der Waals surface area (Å²) in [6.45, 7) is 4.87. The summed E-state index contributed by atoms with van der Waals surface area (Å²) in [4.78, 5) is 24.3. The van der Waals surface area contributed by atoms with Gasteiger partial charge in [0.25, 0.3) is 0 Å². The molecule has 0 saturated carbocycles. The number of hydrogen-bond donors (Lipinski definition) is 1. The zero-order chi connectivity index (χ0) is 13.6. The van der Waals surface area contributed by atoms with Crippen LogP contribution in [0.2, 0.25) is 0 Å². The summed E-state index contributed by atoms with van der Waals surface area (Å²) in [6.07, 6.45) is 3.94. The van der Waals surface area contributed by atoms with E-state index in [1.807, 2.05) is 13.8 Å². The highest BCUT2D eigenvalue weighted by Gasteiger charge is 2.47. The standard InChI is InChI=1S/C13H23NO4/c1-3-5-11-9-13(12(16)17,6-8-18-11)14(10-15)7-4-2/h10-11H,3-9H2,1-2H3,(H,16,17). The van der Waals surface area contributed by atoms with Crippen LogP contribution in [0.3, 0.4) is 0 Å². The Labute approximate surface area is 108 Å². The van der Waals surface area contributed by atoms with E-state index in [1.165, 1.54) is 4.90 Å². The molecule has 0 aromatic rings. The lowest BCUT2D eigenvalue weighted by Gasteiger charge is -2.43. The van der Waals surface area contributed by atoms with Crippen molar-refractivity contribution >= 4 is 12.4 Å². The van der Waals surface area contributed by atoms with E-state index in [2.05, 4.69) is 0 Å². The summed E-state index contributed by atoms with van der Waals surface area (Å²) in [6, 6.07) is 0. The Bertz CT molecular complexity index is 293. The molecular formula is C13H23NO4. The van der Waals surface area contributed by atoms with Crippen LogP contribution < -0.4 is 0 Å². The fraction of sp³-hybridized carbons (Fsp3) is 0.846. The van der Waals surface area contributed by atoms with Crippen LogP contribution in [0.5, 0.6) is 0 Å². The highest BCUT2D eigenvalue weighted by Crippen LogP contribution is 2.32. The molecule has 1 rings (SSSR count). The van der Waals surface area contributed by atoms with Crippen LogP contribution >= 0.6 is 0 Å². The molecular weight excluding hydrogens is 234 g/mol. The van der Waals surface area contributed by atoms with Gasteiger partial charge < -0.3 is 14.7 Å². The predicted octanol–water partition coefficient (Wildman–Crippen LogP) is 1.66. The van der Waals surface area contributed by atoms with Gasteiger partial charge in [0.05, 0.1) is 6.10 Å².